The van der Waals surface area contributed by atoms with Gasteiger partial charge in [-0.25, -0.2) is 4.90 Å². The van der Waals surface area contributed by atoms with E-state index in [0.717, 1.165) is 22.3 Å². The molecule has 3 aliphatic carbocycles. The minimum Gasteiger partial charge on any atom is -0.497 e. The summed E-state index contributed by atoms with van der Waals surface area (Å²) in [6, 6.07) is 20.1. The van der Waals surface area contributed by atoms with Crippen LogP contribution in [-0.2, 0) is 19.3 Å². The van der Waals surface area contributed by atoms with E-state index in [1.54, 1.807) is 18.2 Å². The summed E-state index contributed by atoms with van der Waals surface area (Å²) < 4.78 is 10.8. The minimum atomic E-state index is -1.22. The summed E-state index contributed by atoms with van der Waals surface area (Å²) in [4.78, 5) is 26.8. The van der Waals surface area contributed by atoms with Gasteiger partial charge in [0.25, 0.3) is 0 Å². The lowest BCUT2D eigenvalue weighted by molar-refractivity contribution is -0.122. The number of ether oxygens (including phenoxy) is 2. The van der Waals surface area contributed by atoms with E-state index >= 15 is 0 Å². The lowest BCUT2D eigenvalue weighted by Crippen LogP contribution is -2.57. The highest BCUT2D eigenvalue weighted by Crippen LogP contribution is 2.69. The maximum atomic E-state index is 14.0. The van der Waals surface area contributed by atoms with Gasteiger partial charge in [0.1, 0.15) is 21.2 Å². The molecule has 3 aromatic rings. The second-order valence-electron chi connectivity index (χ2n) is 8.52. The summed E-state index contributed by atoms with van der Waals surface area (Å²) in [5.74, 6) is -1.67. The molecular weight excluding hydrogens is 461 g/mol. The van der Waals surface area contributed by atoms with Gasteiger partial charge in [0.05, 0.1) is 31.7 Å². The molecule has 33 heavy (non-hydrogen) atoms. The largest absolute Gasteiger partial charge is 0.497 e. The van der Waals surface area contributed by atoms with E-state index in [1.807, 2.05) is 48.5 Å². The summed E-state index contributed by atoms with van der Waals surface area (Å²) in [7, 11) is 3.01. The third kappa shape index (κ3) is 2.29. The number of rotatable bonds is 3. The molecule has 2 amide bonds. The van der Waals surface area contributed by atoms with E-state index in [9.17, 15) is 9.59 Å². The van der Waals surface area contributed by atoms with Gasteiger partial charge in [-0.3, -0.25) is 9.59 Å². The van der Waals surface area contributed by atoms with Crippen molar-refractivity contribution in [2.24, 2.45) is 11.8 Å². The van der Waals surface area contributed by atoms with Gasteiger partial charge >= 0.3 is 0 Å². The fourth-order valence-electron chi connectivity index (χ4n) is 5.88. The highest BCUT2D eigenvalue weighted by Gasteiger charge is 2.73. The average Bonchev–Trinajstić information content (AvgIpc) is 3.13. The van der Waals surface area contributed by atoms with E-state index in [4.69, 9.17) is 32.7 Å². The Bertz CT molecular complexity index is 1230. The number of carbonyl (C=O) groups excluding carboxylic acids is 2. The molecule has 3 aromatic carbocycles. The molecule has 1 fully saturated rings. The first-order valence-electron chi connectivity index (χ1n) is 10.6. The molecule has 0 spiro atoms. The van der Waals surface area contributed by atoms with Crippen LogP contribution in [0.1, 0.15) is 22.3 Å². The quantitative estimate of drug-likeness (QED) is 0.399. The Balaban J connectivity index is 1.64. The lowest BCUT2D eigenvalue weighted by Gasteiger charge is -2.54. The Morgan fingerprint density at radius 1 is 0.727 bits per heavy atom. The number of methoxy groups -OCH3 is 2. The molecule has 166 valence electrons. The fraction of sp³-hybridized carbons (Fsp3) is 0.231. The van der Waals surface area contributed by atoms with Gasteiger partial charge in [-0.1, -0.05) is 48.5 Å². The number of imide groups is 1. The highest BCUT2D eigenvalue weighted by atomic mass is 35.5. The molecule has 2 bridgehead atoms. The zero-order valence-electron chi connectivity index (χ0n) is 17.8. The molecule has 4 aliphatic rings. The molecule has 0 aromatic heterocycles. The van der Waals surface area contributed by atoms with Crippen molar-refractivity contribution in [3.05, 3.63) is 89.0 Å². The summed E-state index contributed by atoms with van der Waals surface area (Å²) >= 11 is 14.9. The van der Waals surface area contributed by atoms with Crippen LogP contribution in [0.5, 0.6) is 11.5 Å². The van der Waals surface area contributed by atoms with Crippen LogP contribution in [0.4, 0.5) is 5.69 Å². The Hall–Kier alpha value is -3.02. The van der Waals surface area contributed by atoms with E-state index in [2.05, 4.69) is 0 Å². The van der Waals surface area contributed by atoms with E-state index in [-0.39, 0.29) is 0 Å². The normalized spacial score (nSPS) is 28.9. The van der Waals surface area contributed by atoms with Gasteiger partial charge in [0, 0.05) is 6.07 Å². The number of hydrogen-bond donors (Lipinski definition) is 0. The van der Waals surface area contributed by atoms with Crippen molar-refractivity contribution in [3.63, 3.8) is 0 Å². The van der Waals surface area contributed by atoms with Gasteiger partial charge in [0.15, 0.2) is 0 Å². The third-order valence-electron chi connectivity index (χ3n) is 7.21. The molecule has 1 aliphatic heterocycles. The standard InChI is InChI=1S/C26H19Cl2NO4/c1-32-14-11-12-20(33-2)19(13-14)29-23(30)21-22(24(29)31)26(28)16-8-4-3-7-15(16)25(21,27)17-9-5-6-10-18(17)26/h3-13,21-22H,1-2H3/t21-,22-,25?,26?/m0/s1. The molecule has 0 N–H and O–H groups in total. The number of carbonyl (C=O) groups is 2. The molecule has 5 nitrogen and oxygen atoms in total. The predicted octanol–water partition coefficient (Wildman–Crippen LogP) is 4.80. The van der Waals surface area contributed by atoms with E-state index in [1.165, 1.54) is 19.1 Å². The minimum absolute atomic E-state index is 0.314. The van der Waals surface area contributed by atoms with Crippen molar-refractivity contribution in [1.29, 1.82) is 0 Å². The van der Waals surface area contributed by atoms with Crippen LogP contribution in [0, 0.1) is 11.8 Å². The maximum Gasteiger partial charge on any atom is 0.240 e. The van der Waals surface area contributed by atoms with Crippen LogP contribution in [0.3, 0.4) is 0 Å². The first kappa shape index (κ1) is 20.6. The van der Waals surface area contributed by atoms with Crippen LogP contribution >= 0.6 is 23.2 Å². The summed E-state index contributed by atoms with van der Waals surface area (Å²) in [5.41, 5.74) is 3.38. The molecule has 1 heterocycles. The predicted molar refractivity (Wildman–Crippen MR) is 125 cm³/mol. The van der Waals surface area contributed by atoms with Crippen LogP contribution < -0.4 is 14.4 Å². The summed E-state index contributed by atoms with van der Waals surface area (Å²) in [5, 5.41) is 0. The molecule has 0 saturated carbocycles. The number of amides is 2. The molecule has 0 radical (unpaired) electrons. The second kappa shape index (κ2) is 6.75. The van der Waals surface area contributed by atoms with Crippen molar-refractivity contribution < 1.29 is 19.1 Å². The third-order valence-corrected chi connectivity index (χ3v) is 8.50. The number of alkyl halides is 2. The van der Waals surface area contributed by atoms with E-state index < -0.39 is 33.4 Å². The van der Waals surface area contributed by atoms with Gasteiger partial charge in [-0.05, 0) is 34.4 Å². The summed E-state index contributed by atoms with van der Waals surface area (Å²) in [6.07, 6.45) is 0. The molecule has 7 heteroatoms. The van der Waals surface area contributed by atoms with Crippen molar-refractivity contribution in [2.45, 2.75) is 9.75 Å². The first-order valence-corrected chi connectivity index (χ1v) is 11.3. The summed E-state index contributed by atoms with van der Waals surface area (Å²) in [6.45, 7) is 0. The number of nitrogens with zero attached hydrogens (tertiary/aromatic N) is 1. The van der Waals surface area contributed by atoms with Crippen molar-refractivity contribution in [2.75, 3.05) is 19.1 Å². The molecule has 1 saturated heterocycles. The monoisotopic (exact) mass is 479 g/mol. The molecule has 7 rings (SSSR count). The SMILES string of the molecule is COc1ccc(OC)c(N2C(=O)[C@@H]3[C@@H](C2=O)C2(Cl)c4ccccc4C3(Cl)c3ccccc32)c1. The maximum absolute atomic E-state index is 14.0. The van der Waals surface area contributed by atoms with Crippen LogP contribution in [0.2, 0.25) is 0 Å². The highest BCUT2D eigenvalue weighted by molar-refractivity contribution is 6.38. The average molecular weight is 480 g/mol. The lowest BCUT2D eigenvalue weighted by atomic mass is 9.54. The van der Waals surface area contributed by atoms with Crippen LogP contribution in [-0.4, -0.2) is 26.0 Å². The molecular formula is C26H19Cl2NO4. The fourth-order valence-corrected chi connectivity index (χ4v) is 6.97. The van der Waals surface area contributed by atoms with Crippen molar-refractivity contribution >= 4 is 40.7 Å². The Labute approximate surface area is 200 Å². The molecule has 2 atom stereocenters. The smallest absolute Gasteiger partial charge is 0.240 e. The van der Waals surface area contributed by atoms with Crippen molar-refractivity contribution in [1.82, 2.24) is 0 Å². The number of halogens is 2. The number of benzene rings is 3. The van der Waals surface area contributed by atoms with Crippen LogP contribution in [0.15, 0.2) is 66.7 Å². The zero-order valence-corrected chi connectivity index (χ0v) is 19.4. The van der Waals surface area contributed by atoms with Gasteiger partial charge in [-0.15, -0.1) is 23.2 Å². The van der Waals surface area contributed by atoms with Crippen LogP contribution in [0.25, 0.3) is 0 Å². The molecule has 0 unspecified atom stereocenters. The second-order valence-corrected chi connectivity index (χ2v) is 9.71. The van der Waals surface area contributed by atoms with Gasteiger partial charge < -0.3 is 9.47 Å². The Kier molecular flexibility index (Phi) is 4.21. The first-order chi connectivity index (χ1) is 15.9. The van der Waals surface area contributed by atoms with Gasteiger partial charge in [0.2, 0.25) is 11.8 Å². The Morgan fingerprint density at radius 2 is 1.18 bits per heavy atom. The zero-order chi connectivity index (χ0) is 23.1. The van der Waals surface area contributed by atoms with Gasteiger partial charge in [-0.2, -0.15) is 0 Å². The topological polar surface area (TPSA) is 55.8 Å². The number of hydrogen-bond acceptors (Lipinski definition) is 4. The Morgan fingerprint density at radius 3 is 1.58 bits per heavy atom. The number of anilines is 1. The van der Waals surface area contributed by atoms with Crippen molar-refractivity contribution in [3.8, 4) is 11.5 Å². The van der Waals surface area contributed by atoms with E-state index in [0.29, 0.717) is 17.2 Å².